The molecule has 4 nitrogen and oxygen atoms in total. The first kappa shape index (κ1) is 13.8. The summed E-state index contributed by atoms with van der Waals surface area (Å²) in [6.07, 6.45) is 0.894. The molecule has 0 fully saturated rings. The molecule has 0 bridgehead atoms. The number of nitrogens with one attached hydrogen (secondary N) is 1. The summed E-state index contributed by atoms with van der Waals surface area (Å²) in [7, 11) is 0. The smallest absolute Gasteiger partial charge is 0.195 e. The first-order chi connectivity index (χ1) is 9.15. The normalized spacial score (nSPS) is 12.4. The molecule has 1 heterocycles. The number of nitrogens with zero attached hydrogens (tertiary/aromatic N) is 2. The summed E-state index contributed by atoms with van der Waals surface area (Å²) >= 11 is 5.18. The predicted molar refractivity (Wildman–Crippen MR) is 77.9 cm³/mol. The van der Waals surface area contributed by atoms with Crippen molar-refractivity contribution in [1.29, 1.82) is 0 Å². The highest BCUT2D eigenvalue weighted by molar-refractivity contribution is 7.71. The Bertz CT molecular complexity index is 585. The zero-order valence-electron chi connectivity index (χ0n) is 11.5. The number of ether oxygens (including phenoxy) is 1. The van der Waals surface area contributed by atoms with Crippen LogP contribution in [0.5, 0.6) is 5.75 Å². The van der Waals surface area contributed by atoms with E-state index in [0.29, 0.717) is 4.77 Å². The standard InChI is InChI=1S/C14H19N3OS/c1-4-11-6-8-12(9-7-11)18-10(3)13-15-16-14(19)17(13)5-2/h6-10H,4-5H2,1-3H3,(H,16,19)/t10-/m0/s1. The Hall–Kier alpha value is -1.62. The molecule has 2 rings (SSSR count). The largest absolute Gasteiger partial charge is 0.483 e. The third-order valence-corrected chi connectivity index (χ3v) is 3.42. The lowest BCUT2D eigenvalue weighted by atomic mass is 10.2. The summed E-state index contributed by atoms with van der Waals surface area (Å²) in [6, 6.07) is 8.15. The molecular weight excluding hydrogens is 258 g/mol. The van der Waals surface area contributed by atoms with Crippen molar-refractivity contribution in [3.63, 3.8) is 0 Å². The van der Waals surface area contributed by atoms with Gasteiger partial charge in [-0.25, -0.2) is 0 Å². The van der Waals surface area contributed by atoms with Gasteiger partial charge in [0, 0.05) is 6.54 Å². The number of aryl methyl sites for hydroxylation is 1. The van der Waals surface area contributed by atoms with E-state index >= 15 is 0 Å². The summed E-state index contributed by atoms with van der Waals surface area (Å²) in [5.41, 5.74) is 1.30. The van der Waals surface area contributed by atoms with E-state index < -0.39 is 0 Å². The van der Waals surface area contributed by atoms with Crippen LogP contribution in [0.15, 0.2) is 24.3 Å². The Morgan fingerprint density at radius 2 is 2.00 bits per heavy atom. The number of hydrogen-bond acceptors (Lipinski definition) is 3. The molecule has 19 heavy (non-hydrogen) atoms. The first-order valence-electron chi connectivity index (χ1n) is 6.56. The average molecular weight is 277 g/mol. The Morgan fingerprint density at radius 3 is 2.58 bits per heavy atom. The van der Waals surface area contributed by atoms with Gasteiger partial charge in [0.1, 0.15) is 5.75 Å². The summed E-state index contributed by atoms with van der Waals surface area (Å²) in [5, 5.41) is 7.05. The highest BCUT2D eigenvalue weighted by Gasteiger charge is 2.14. The van der Waals surface area contributed by atoms with E-state index in [1.54, 1.807) is 0 Å². The second-order valence-electron chi connectivity index (χ2n) is 4.39. The summed E-state index contributed by atoms with van der Waals surface area (Å²) in [6.45, 7) is 6.94. The zero-order valence-corrected chi connectivity index (χ0v) is 12.3. The van der Waals surface area contributed by atoms with E-state index in [1.807, 2.05) is 30.5 Å². The van der Waals surface area contributed by atoms with Gasteiger partial charge >= 0.3 is 0 Å². The van der Waals surface area contributed by atoms with Gasteiger partial charge in [0.25, 0.3) is 0 Å². The molecule has 1 aromatic carbocycles. The fourth-order valence-corrected chi connectivity index (χ4v) is 2.27. The second-order valence-corrected chi connectivity index (χ2v) is 4.78. The highest BCUT2D eigenvalue weighted by atomic mass is 32.1. The molecule has 0 radical (unpaired) electrons. The van der Waals surface area contributed by atoms with Gasteiger partial charge in [-0.2, -0.15) is 5.10 Å². The van der Waals surface area contributed by atoms with Crippen molar-refractivity contribution < 1.29 is 4.74 Å². The number of aromatic nitrogens is 3. The van der Waals surface area contributed by atoms with Crippen molar-refractivity contribution in [1.82, 2.24) is 14.8 Å². The van der Waals surface area contributed by atoms with Gasteiger partial charge in [-0.1, -0.05) is 19.1 Å². The molecule has 0 spiro atoms. The number of H-pyrrole nitrogens is 1. The van der Waals surface area contributed by atoms with Crippen LogP contribution in [0, 0.1) is 4.77 Å². The van der Waals surface area contributed by atoms with Crippen molar-refractivity contribution in [2.75, 3.05) is 0 Å². The van der Waals surface area contributed by atoms with Crippen molar-refractivity contribution in [3.05, 3.63) is 40.4 Å². The SMILES string of the molecule is CCc1ccc(O[C@@H](C)c2n[nH]c(=S)n2CC)cc1. The number of hydrogen-bond donors (Lipinski definition) is 1. The van der Waals surface area contributed by atoms with Gasteiger partial charge in [-0.15, -0.1) is 0 Å². The maximum absolute atomic E-state index is 5.91. The van der Waals surface area contributed by atoms with Gasteiger partial charge in [0.15, 0.2) is 16.7 Å². The Morgan fingerprint density at radius 1 is 1.32 bits per heavy atom. The number of aromatic amines is 1. The van der Waals surface area contributed by atoms with Gasteiger partial charge < -0.3 is 9.30 Å². The maximum atomic E-state index is 5.91. The third-order valence-electron chi connectivity index (χ3n) is 3.11. The van der Waals surface area contributed by atoms with Gasteiger partial charge in [-0.3, -0.25) is 5.10 Å². The lowest BCUT2D eigenvalue weighted by Crippen LogP contribution is -2.11. The van der Waals surface area contributed by atoms with E-state index in [2.05, 4.69) is 29.3 Å². The molecule has 1 N–H and O–H groups in total. The second kappa shape index (κ2) is 6.02. The van der Waals surface area contributed by atoms with Crippen LogP contribution in [-0.4, -0.2) is 14.8 Å². The topological polar surface area (TPSA) is 42.8 Å². The molecule has 5 heteroatoms. The average Bonchev–Trinajstić information content (AvgIpc) is 2.80. The summed E-state index contributed by atoms with van der Waals surface area (Å²) in [5.74, 6) is 1.67. The quantitative estimate of drug-likeness (QED) is 0.848. The van der Waals surface area contributed by atoms with Gasteiger partial charge in [-0.05, 0) is 50.2 Å². The van der Waals surface area contributed by atoms with E-state index in [0.717, 1.165) is 24.5 Å². The first-order valence-corrected chi connectivity index (χ1v) is 6.97. The third kappa shape index (κ3) is 3.04. The van der Waals surface area contributed by atoms with Crippen LogP contribution in [0.1, 0.15) is 38.3 Å². The Kier molecular flexibility index (Phi) is 4.37. The van der Waals surface area contributed by atoms with E-state index in [1.165, 1.54) is 5.56 Å². The molecule has 0 saturated heterocycles. The number of benzene rings is 1. The molecule has 1 atom stereocenters. The lowest BCUT2D eigenvalue weighted by molar-refractivity contribution is 0.210. The van der Waals surface area contributed by atoms with Gasteiger partial charge in [0.05, 0.1) is 0 Å². The van der Waals surface area contributed by atoms with Crippen LogP contribution in [0.3, 0.4) is 0 Å². The summed E-state index contributed by atoms with van der Waals surface area (Å²) < 4.78 is 8.48. The van der Waals surface area contributed by atoms with E-state index in [9.17, 15) is 0 Å². The molecule has 1 aromatic heterocycles. The van der Waals surface area contributed by atoms with Crippen molar-refractivity contribution in [3.8, 4) is 5.75 Å². The van der Waals surface area contributed by atoms with Crippen molar-refractivity contribution >= 4 is 12.2 Å². The van der Waals surface area contributed by atoms with Crippen molar-refractivity contribution in [2.45, 2.75) is 39.8 Å². The highest BCUT2D eigenvalue weighted by Crippen LogP contribution is 2.21. The Labute approximate surface area is 118 Å². The maximum Gasteiger partial charge on any atom is 0.195 e. The monoisotopic (exact) mass is 277 g/mol. The Balaban J connectivity index is 2.15. The summed E-state index contributed by atoms with van der Waals surface area (Å²) in [4.78, 5) is 0. The van der Waals surface area contributed by atoms with E-state index in [-0.39, 0.29) is 6.10 Å². The predicted octanol–water partition coefficient (Wildman–Crippen LogP) is 3.66. The molecule has 0 unspecified atom stereocenters. The van der Waals surface area contributed by atoms with E-state index in [4.69, 9.17) is 17.0 Å². The molecular formula is C14H19N3OS. The molecule has 102 valence electrons. The fourth-order valence-electron chi connectivity index (χ4n) is 2.01. The minimum Gasteiger partial charge on any atom is -0.483 e. The molecule has 2 aromatic rings. The van der Waals surface area contributed by atoms with Crippen LogP contribution < -0.4 is 4.74 Å². The van der Waals surface area contributed by atoms with Crippen LogP contribution in [0.4, 0.5) is 0 Å². The van der Waals surface area contributed by atoms with Crippen LogP contribution in [-0.2, 0) is 13.0 Å². The minimum atomic E-state index is -0.139. The minimum absolute atomic E-state index is 0.139. The zero-order chi connectivity index (χ0) is 13.8. The van der Waals surface area contributed by atoms with Crippen LogP contribution >= 0.6 is 12.2 Å². The lowest BCUT2D eigenvalue weighted by Gasteiger charge is -2.15. The molecule has 0 aliphatic heterocycles. The molecule has 0 amide bonds. The van der Waals surface area contributed by atoms with Crippen LogP contribution in [0.25, 0.3) is 0 Å². The molecule has 0 saturated carbocycles. The number of rotatable bonds is 5. The van der Waals surface area contributed by atoms with Gasteiger partial charge in [0.2, 0.25) is 0 Å². The van der Waals surface area contributed by atoms with Crippen molar-refractivity contribution in [2.24, 2.45) is 0 Å². The molecule has 0 aliphatic rings. The van der Waals surface area contributed by atoms with Crippen LogP contribution in [0.2, 0.25) is 0 Å². The fraction of sp³-hybridized carbons (Fsp3) is 0.429. The molecule has 0 aliphatic carbocycles.